The molecule has 3 rings (SSSR count). The average Bonchev–Trinajstić information content (AvgIpc) is 2.64. The average molecular weight is 403 g/mol. The fraction of sp³-hybridized carbons (Fsp3) is 0. The zero-order chi connectivity index (χ0) is 19.4. The number of halogens is 2. The molecular weight excluding hydrogens is 390 g/mol. The van der Waals surface area contributed by atoms with Crippen LogP contribution in [0.3, 0.4) is 0 Å². The number of nitrogen functional groups attached to an aromatic ring is 1. The summed E-state index contributed by atoms with van der Waals surface area (Å²) in [5, 5.41) is 10.7. The standard InChI is InChI=1S/C18H13BCl2N2O4/c20-13-5-1-3-11(9-13)19(12-4-2-6-14(21)10-12)27-26-18(25)17-15(24)7-8-16(22)23-17/h1-10,24H,(H2,22,23). The molecular formula is C18H13BCl2N2O4. The van der Waals surface area contributed by atoms with Gasteiger partial charge in [0.25, 0.3) is 0 Å². The predicted molar refractivity (Wildman–Crippen MR) is 105 cm³/mol. The lowest BCUT2D eigenvalue weighted by Crippen LogP contribution is -2.45. The Balaban J connectivity index is 1.88. The van der Waals surface area contributed by atoms with Gasteiger partial charge in [-0.1, -0.05) is 47.5 Å². The summed E-state index contributed by atoms with van der Waals surface area (Å²) in [4.78, 5) is 26.3. The Morgan fingerprint density at radius 3 is 2.15 bits per heavy atom. The lowest BCUT2D eigenvalue weighted by molar-refractivity contribution is -0.152. The first kappa shape index (κ1) is 19.0. The number of benzene rings is 2. The SMILES string of the molecule is Nc1ccc(O)c(C(=O)OOB(c2cccc(Cl)c2)c2cccc(Cl)c2)n1. The van der Waals surface area contributed by atoms with E-state index in [1.807, 2.05) is 0 Å². The van der Waals surface area contributed by atoms with Crippen molar-refractivity contribution in [3.8, 4) is 5.75 Å². The first-order chi connectivity index (χ1) is 12.9. The van der Waals surface area contributed by atoms with Gasteiger partial charge >= 0.3 is 12.9 Å². The first-order valence-electron chi connectivity index (χ1n) is 7.78. The molecule has 9 heteroatoms. The van der Waals surface area contributed by atoms with Gasteiger partial charge in [0, 0.05) is 10.0 Å². The third-order valence-electron chi connectivity index (χ3n) is 3.61. The molecule has 0 fully saturated rings. The van der Waals surface area contributed by atoms with Gasteiger partial charge in [-0.05, 0) is 47.3 Å². The second-order valence-corrected chi connectivity index (χ2v) is 6.43. The Morgan fingerprint density at radius 2 is 1.59 bits per heavy atom. The van der Waals surface area contributed by atoms with E-state index in [1.165, 1.54) is 12.1 Å². The molecule has 0 spiro atoms. The van der Waals surface area contributed by atoms with Gasteiger partial charge in [0.1, 0.15) is 11.6 Å². The number of carbonyl (C=O) groups excluding carboxylic acids is 1. The molecule has 0 saturated carbocycles. The number of aromatic nitrogens is 1. The van der Waals surface area contributed by atoms with E-state index in [2.05, 4.69) is 4.98 Å². The molecule has 0 bridgehead atoms. The normalized spacial score (nSPS) is 10.4. The van der Waals surface area contributed by atoms with Crippen LogP contribution in [0, 0.1) is 0 Å². The number of hydrogen-bond acceptors (Lipinski definition) is 6. The van der Waals surface area contributed by atoms with Crippen molar-refractivity contribution in [3.63, 3.8) is 0 Å². The smallest absolute Gasteiger partial charge is 0.421 e. The monoisotopic (exact) mass is 402 g/mol. The molecule has 0 aliphatic heterocycles. The van der Waals surface area contributed by atoms with Gasteiger partial charge < -0.3 is 15.7 Å². The van der Waals surface area contributed by atoms with Crippen LogP contribution in [0.15, 0.2) is 60.7 Å². The Morgan fingerprint density at radius 1 is 1.00 bits per heavy atom. The number of anilines is 1. The van der Waals surface area contributed by atoms with Crippen LogP contribution in [0.5, 0.6) is 5.75 Å². The Kier molecular flexibility index (Phi) is 5.86. The van der Waals surface area contributed by atoms with E-state index in [9.17, 15) is 9.90 Å². The number of carbonyl (C=O) groups is 1. The summed E-state index contributed by atoms with van der Waals surface area (Å²) in [5.74, 6) is -1.31. The second-order valence-electron chi connectivity index (χ2n) is 5.56. The van der Waals surface area contributed by atoms with Crippen molar-refractivity contribution in [1.82, 2.24) is 4.98 Å². The lowest BCUT2D eigenvalue weighted by atomic mass is 9.56. The van der Waals surface area contributed by atoms with Crippen molar-refractivity contribution in [2.45, 2.75) is 0 Å². The highest BCUT2D eigenvalue weighted by molar-refractivity contribution is 6.80. The van der Waals surface area contributed by atoms with E-state index in [4.69, 9.17) is 38.6 Å². The number of aromatic hydroxyl groups is 1. The van der Waals surface area contributed by atoms with Crippen molar-refractivity contribution in [2.24, 2.45) is 0 Å². The minimum atomic E-state index is -0.992. The molecule has 3 N–H and O–H groups in total. The molecule has 6 nitrogen and oxygen atoms in total. The molecule has 136 valence electrons. The van der Waals surface area contributed by atoms with Crippen LogP contribution in [-0.4, -0.2) is 23.0 Å². The highest BCUT2D eigenvalue weighted by Crippen LogP contribution is 2.17. The topological polar surface area (TPSA) is 94.7 Å². The summed E-state index contributed by atoms with van der Waals surface area (Å²) in [6.45, 7) is -0.797. The fourth-order valence-corrected chi connectivity index (χ4v) is 2.79. The third-order valence-corrected chi connectivity index (χ3v) is 4.08. The van der Waals surface area contributed by atoms with Crippen molar-refractivity contribution in [1.29, 1.82) is 0 Å². The molecule has 0 saturated heterocycles. The van der Waals surface area contributed by atoms with Crippen molar-refractivity contribution in [2.75, 3.05) is 5.73 Å². The van der Waals surface area contributed by atoms with E-state index in [1.54, 1.807) is 48.5 Å². The zero-order valence-corrected chi connectivity index (χ0v) is 15.3. The molecule has 0 atom stereocenters. The number of nitrogens with zero attached hydrogens (tertiary/aromatic N) is 1. The molecule has 1 heterocycles. The van der Waals surface area contributed by atoms with Crippen LogP contribution in [0.25, 0.3) is 0 Å². The molecule has 0 radical (unpaired) electrons. The number of rotatable bonds is 5. The van der Waals surface area contributed by atoms with Gasteiger partial charge in [0.05, 0.1) is 0 Å². The van der Waals surface area contributed by atoms with Crippen molar-refractivity contribution >= 4 is 52.8 Å². The molecule has 0 unspecified atom stereocenters. The lowest BCUT2D eigenvalue weighted by Gasteiger charge is -2.14. The highest BCUT2D eigenvalue weighted by Gasteiger charge is 2.27. The third kappa shape index (κ3) is 4.71. The van der Waals surface area contributed by atoms with Crippen molar-refractivity contribution in [3.05, 3.63) is 76.4 Å². The predicted octanol–water partition coefficient (Wildman–Crippen LogP) is 2.57. The summed E-state index contributed by atoms with van der Waals surface area (Å²) < 4.78 is 0. The maximum atomic E-state index is 12.2. The van der Waals surface area contributed by atoms with Gasteiger partial charge in [0.15, 0.2) is 5.69 Å². The first-order valence-corrected chi connectivity index (χ1v) is 8.53. The Labute approximate surface area is 165 Å². The maximum Gasteiger partial charge on any atom is 0.421 e. The largest absolute Gasteiger partial charge is 0.505 e. The molecule has 27 heavy (non-hydrogen) atoms. The Hall–Kier alpha value is -2.74. The highest BCUT2D eigenvalue weighted by atomic mass is 35.5. The zero-order valence-electron chi connectivity index (χ0n) is 13.8. The molecule has 1 aromatic heterocycles. The summed E-state index contributed by atoms with van der Waals surface area (Å²) >= 11 is 12.1. The van der Waals surface area contributed by atoms with Gasteiger partial charge in [-0.2, -0.15) is 0 Å². The van der Waals surface area contributed by atoms with E-state index in [0.29, 0.717) is 21.0 Å². The summed E-state index contributed by atoms with van der Waals surface area (Å²) in [5.41, 5.74) is 6.46. The molecule has 0 aliphatic carbocycles. The number of pyridine rings is 1. The maximum absolute atomic E-state index is 12.2. The van der Waals surface area contributed by atoms with Crippen LogP contribution in [0.2, 0.25) is 10.0 Å². The summed E-state index contributed by atoms with van der Waals surface area (Å²) in [6, 6.07) is 16.4. The van der Waals surface area contributed by atoms with Gasteiger partial charge in [-0.25, -0.2) is 14.6 Å². The van der Waals surface area contributed by atoms with Crippen LogP contribution < -0.4 is 16.7 Å². The van der Waals surface area contributed by atoms with Gasteiger partial charge in [-0.3, -0.25) is 0 Å². The summed E-state index contributed by atoms with van der Waals surface area (Å²) in [7, 11) is 0. The van der Waals surface area contributed by atoms with Crippen LogP contribution in [0.4, 0.5) is 5.82 Å². The van der Waals surface area contributed by atoms with E-state index >= 15 is 0 Å². The summed E-state index contributed by atoms with van der Waals surface area (Å²) in [6.07, 6.45) is 0. The number of hydrogen-bond donors (Lipinski definition) is 2. The minimum absolute atomic E-state index is 0.0565. The minimum Gasteiger partial charge on any atom is -0.505 e. The van der Waals surface area contributed by atoms with E-state index in [-0.39, 0.29) is 17.3 Å². The second kappa shape index (κ2) is 8.31. The Bertz CT molecular complexity index is 942. The fourth-order valence-electron chi connectivity index (χ4n) is 2.39. The van der Waals surface area contributed by atoms with Gasteiger partial charge in [0.2, 0.25) is 0 Å². The van der Waals surface area contributed by atoms with E-state index < -0.39 is 12.9 Å². The van der Waals surface area contributed by atoms with Crippen LogP contribution in [0.1, 0.15) is 10.5 Å². The van der Waals surface area contributed by atoms with Gasteiger partial charge in [-0.15, -0.1) is 0 Å². The van der Waals surface area contributed by atoms with Crippen molar-refractivity contribution < 1.29 is 19.6 Å². The van der Waals surface area contributed by atoms with Crippen LogP contribution >= 0.6 is 23.2 Å². The van der Waals surface area contributed by atoms with Crippen LogP contribution in [-0.2, 0) is 9.69 Å². The van der Waals surface area contributed by atoms with E-state index in [0.717, 1.165) is 0 Å². The molecule has 0 amide bonds. The number of nitrogens with two attached hydrogens (primary N) is 1. The molecule has 0 aliphatic rings. The quantitative estimate of drug-likeness (QED) is 0.387. The molecule has 3 aromatic rings. The molecule has 2 aromatic carbocycles.